The number of hydrogen-bond donors (Lipinski definition) is 1. The predicted octanol–water partition coefficient (Wildman–Crippen LogP) is 4.30. The lowest BCUT2D eigenvalue weighted by atomic mass is 9.81. The Bertz CT molecular complexity index is 545. The van der Waals surface area contributed by atoms with Crippen LogP contribution in [0.1, 0.15) is 88.4 Å². The standard InChI is InChI=1S/C20H33N3O/c1-3-8-16(13-15-9-5-4-6-10-15)20(24)22-18-11-7-12-19-17(18)14-21-23(19)2/h14-16,18H,3-13H2,1-2H3,(H,22,24). The Morgan fingerprint density at radius 2 is 2.08 bits per heavy atom. The number of nitrogens with one attached hydrogen (secondary N) is 1. The second-order valence-corrected chi connectivity index (χ2v) is 7.85. The summed E-state index contributed by atoms with van der Waals surface area (Å²) >= 11 is 0. The lowest BCUT2D eigenvalue weighted by Gasteiger charge is -2.29. The van der Waals surface area contributed by atoms with Crippen LogP contribution in [0.25, 0.3) is 0 Å². The van der Waals surface area contributed by atoms with Crippen molar-refractivity contribution in [1.29, 1.82) is 0 Å². The third-order valence-corrected chi connectivity index (χ3v) is 6.04. The van der Waals surface area contributed by atoms with E-state index in [9.17, 15) is 4.79 Å². The first-order valence-electron chi connectivity index (χ1n) is 10.00. The molecule has 1 aromatic heterocycles. The summed E-state index contributed by atoms with van der Waals surface area (Å²) in [7, 11) is 2.01. The summed E-state index contributed by atoms with van der Waals surface area (Å²) < 4.78 is 1.97. The summed E-state index contributed by atoms with van der Waals surface area (Å²) in [6.07, 6.45) is 15.2. The van der Waals surface area contributed by atoms with Crippen molar-refractivity contribution >= 4 is 5.91 Å². The van der Waals surface area contributed by atoms with Gasteiger partial charge in [0.15, 0.2) is 0 Å². The number of rotatable bonds is 6. The van der Waals surface area contributed by atoms with E-state index in [2.05, 4.69) is 17.3 Å². The van der Waals surface area contributed by atoms with Crippen molar-refractivity contribution in [3.05, 3.63) is 17.5 Å². The monoisotopic (exact) mass is 331 g/mol. The van der Waals surface area contributed by atoms with Crippen molar-refractivity contribution in [2.45, 2.75) is 83.6 Å². The molecule has 2 aliphatic rings. The Labute approximate surface area is 146 Å². The predicted molar refractivity (Wildman–Crippen MR) is 96.6 cm³/mol. The van der Waals surface area contributed by atoms with E-state index in [1.54, 1.807) is 0 Å². The van der Waals surface area contributed by atoms with Gasteiger partial charge in [-0.1, -0.05) is 45.4 Å². The molecule has 4 nitrogen and oxygen atoms in total. The summed E-state index contributed by atoms with van der Waals surface area (Å²) in [5.74, 6) is 1.24. The molecule has 3 rings (SSSR count). The number of carbonyl (C=O) groups is 1. The Hall–Kier alpha value is -1.32. The zero-order chi connectivity index (χ0) is 16.9. The quantitative estimate of drug-likeness (QED) is 0.845. The number of carbonyl (C=O) groups excluding carboxylic acids is 1. The van der Waals surface area contributed by atoms with Crippen LogP contribution in [-0.2, 0) is 18.3 Å². The van der Waals surface area contributed by atoms with E-state index < -0.39 is 0 Å². The van der Waals surface area contributed by atoms with E-state index in [4.69, 9.17) is 0 Å². The summed E-state index contributed by atoms with van der Waals surface area (Å²) in [6.45, 7) is 2.20. The minimum absolute atomic E-state index is 0.167. The SMILES string of the molecule is CCCC(CC1CCCCC1)C(=O)NC1CCCc2c1cnn2C. The fourth-order valence-electron chi connectivity index (χ4n) is 4.68. The van der Waals surface area contributed by atoms with Gasteiger partial charge in [0.05, 0.1) is 12.2 Å². The van der Waals surface area contributed by atoms with Crippen molar-refractivity contribution in [1.82, 2.24) is 15.1 Å². The Kier molecular flexibility index (Phi) is 5.96. The van der Waals surface area contributed by atoms with Crippen molar-refractivity contribution in [2.75, 3.05) is 0 Å². The first-order valence-corrected chi connectivity index (χ1v) is 10.00. The minimum atomic E-state index is 0.167. The van der Waals surface area contributed by atoms with E-state index in [1.807, 2.05) is 17.9 Å². The summed E-state index contributed by atoms with van der Waals surface area (Å²) in [4.78, 5) is 13.0. The Morgan fingerprint density at radius 1 is 1.29 bits per heavy atom. The van der Waals surface area contributed by atoms with Crippen LogP contribution >= 0.6 is 0 Å². The van der Waals surface area contributed by atoms with Crippen LogP contribution in [0, 0.1) is 11.8 Å². The topological polar surface area (TPSA) is 46.9 Å². The van der Waals surface area contributed by atoms with Gasteiger partial charge >= 0.3 is 0 Å². The molecule has 1 heterocycles. The van der Waals surface area contributed by atoms with Crippen molar-refractivity contribution in [3.8, 4) is 0 Å². The smallest absolute Gasteiger partial charge is 0.223 e. The molecule has 4 heteroatoms. The van der Waals surface area contributed by atoms with Gasteiger partial charge in [-0.2, -0.15) is 5.10 Å². The average Bonchev–Trinajstić information content (AvgIpc) is 2.98. The molecule has 134 valence electrons. The van der Waals surface area contributed by atoms with Gasteiger partial charge in [0.1, 0.15) is 0 Å². The van der Waals surface area contributed by atoms with Crippen LogP contribution in [0.5, 0.6) is 0 Å². The average molecular weight is 332 g/mol. The molecule has 1 amide bonds. The number of aryl methyl sites for hydroxylation is 1. The molecular weight excluding hydrogens is 298 g/mol. The number of nitrogens with zero attached hydrogens (tertiary/aromatic N) is 2. The van der Waals surface area contributed by atoms with Crippen LogP contribution in [0.2, 0.25) is 0 Å². The second kappa shape index (κ2) is 8.17. The number of fused-ring (bicyclic) bond motifs is 1. The number of hydrogen-bond acceptors (Lipinski definition) is 2. The molecule has 0 radical (unpaired) electrons. The molecule has 2 aliphatic carbocycles. The van der Waals surface area contributed by atoms with Crippen LogP contribution in [0.4, 0.5) is 0 Å². The molecule has 0 spiro atoms. The second-order valence-electron chi connectivity index (χ2n) is 7.85. The van der Waals surface area contributed by atoms with Gasteiger partial charge in [-0.3, -0.25) is 9.48 Å². The third-order valence-electron chi connectivity index (χ3n) is 6.04. The molecule has 0 aromatic carbocycles. The lowest BCUT2D eigenvalue weighted by Crippen LogP contribution is -2.36. The van der Waals surface area contributed by atoms with Gasteiger partial charge in [0.2, 0.25) is 5.91 Å². The van der Waals surface area contributed by atoms with Gasteiger partial charge in [0, 0.05) is 24.2 Å². The maximum absolute atomic E-state index is 13.0. The molecule has 24 heavy (non-hydrogen) atoms. The molecule has 1 saturated carbocycles. The zero-order valence-corrected chi connectivity index (χ0v) is 15.4. The highest BCUT2D eigenvalue weighted by Crippen LogP contribution is 2.33. The van der Waals surface area contributed by atoms with Crippen LogP contribution < -0.4 is 5.32 Å². The zero-order valence-electron chi connectivity index (χ0n) is 15.4. The van der Waals surface area contributed by atoms with Gasteiger partial charge in [-0.15, -0.1) is 0 Å². The largest absolute Gasteiger partial charge is 0.349 e. The maximum atomic E-state index is 13.0. The highest BCUT2D eigenvalue weighted by atomic mass is 16.1. The van der Waals surface area contributed by atoms with Crippen molar-refractivity contribution in [3.63, 3.8) is 0 Å². The normalized spacial score (nSPS) is 22.8. The van der Waals surface area contributed by atoms with E-state index in [-0.39, 0.29) is 17.9 Å². The fraction of sp³-hybridized carbons (Fsp3) is 0.800. The molecule has 1 fully saturated rings. The molecule has 0 aliphatic heterocycles. The molecule has 2 unspecified atom stereocenters. The van der Waals surface area contributed by atoms with Gasteiger partial charge < -0.3 is 5.32 Å². The highest BCUT2D eigenvalue weighted by Gasteiger charge is 2.29. The van der Waals surface area contributed by atoms with Crippen molar-refractivity contribution in [2.24, 2.45) is 18.9 Å². The first-order chi connectivity index (χ1) is 11.7. The van der Waals surface area contributed by atoms with E-state index >= 15 is 0 Å². The van der Waals surface area contributed by atoms with Gasteiger partial charge in [0.25, 0.3) is 0 Å². The van der Waals surface area contributed by atoms with Crippen LogP contribution in [0.3, 0.4) is 0 Å². The minimum Gasteiger partial charge on any atom is -0.349 e. The van der Waals surface area contributed by atoms with E-state index in [0.717, 1.165) is 44.4 Å². The lowest BCUT2D eigenvalue weighted by molar-refractivity contribution is -0.126. The maximum Gasteiger partial charge on any atom is 0.223 e. The number of amides is 1. The summed E-state index contributed by atoms with van der Waals surface area (Å²) in [5.41, 5.74) is 2.54. The molecule has 0 bridgehead atoms. The highest BCUT2D eigenvalue weighted by molar-refractivity contribution is 5.79. The Morgan fingerprint density at radius 3 is 2.83 bits per heavy atom. The molecule has 0 saturated heterocycles. The third kappa shape index (κ3) is 4.01. The molecule has 1 N–H and O–H groups in total. The van der Waals surface area contributed by atoms with Gasteiger partial charge in [-0.05, 0) is 38.0 Å². The van der Waals surface area contributed by atoms with E-state index in [1.165, 1.54) is 43.4 Å². The number of aromatic nitrogens is 2. The van der Waals surface area contributed by atoms with Crippen LogP contribution in [0.15, 0.2) is 6.20 Å². The first kappa shape index (κ1) is 17.5. The van der Waals surface area contributed by atoms with Crippen LogP contribution in [-0.4, -0.2) is 15.7 Å². The molecular formula is C20H33N3O. The van der Waals surface area contributed by atoms with Crippen molar-refractivity contribution < 1.29 is 4.79 Å². The summed E-state index contributed by atoms with van der Waals surface area (Å²) in [6, 6.07) is 0.167. The van der Waals surface area contributed by atoms with Gasteiger partial charge in [-0.25, -0.2) is 0 Å². The molecule has 1 aromatic rings. The van der Waals surface area contributed by atoms with E-state index in [0.29, 0.717) is 0 Å². The molecule has 2 atom stereocenters. The summed E-state index contributed by atoms with van der Waals surface area (Å²) in [5, 5.41) is 7.77. The fourth-order valence-corrected chi connectivity index (χ4v) is 4.68. The Balaban J connectivity index is 1.63.